The number of nitrogens with zero attached hydrogens (tertiary/aromatic N) is 2. The van der Waals surface area contributed by atoms with E-state index < -0.39 is 11.9 Å². The number of hydrogen-bond donors (Lipinski definition) is 2. The van der Waals surface area contributed by atoms with Gasteiger partial charge in [-0.2, -0.15) is 0 Å². The number of carbonyl (C=O) groups is 2. The van der Waals surface area contributed by atoms with Gasteiger partial charge in [0.2, 0.25) is 0 Å². The smallest absolute Gasteiger partial charge is 0.317 e. The number of amides is 2. The maximum absolute atomic E-state index is 12.0. The highest BCUT2D eigenvalue weighted by atomic mass is 16.4. The Kier molecular flexibility index (Phi) is 6.78. The number of carboxylic acids is 1. The first kappa shape index (κ1) is 16.8. The lowest BCUT2D eigenvalue weighted by Crippen LogP contribution is -2.45. The second-order valence-corrected chi connectivity index (χ2v) is 5.37. The molecule has 1 unspecified atom stereocenters. The van der Waals surface area contributed by atoms with Gasteiger partial charge in [-0.05, 0) is 26.3 Å². The molecule has 0 aromatic heterocycles. The highest BCUT2D eigenvalue weighted by molar-refractivity contribution is 5.75. The van der Waals surface area contributed by atoms with Crippen molar-refractivity contribution in [1.82, 2.24) is 15.1 Å². The normalized spacial score (nSPS) is 16.0. The van der Waals surface area contributed by atoms with Gasteiger partial charge in [0, 0.05) is 32.2 Å². The van der Waals surface area contributed by atoms with E-state index in [0.29, 0.717) is 19.1 Å². The molecule has 0 radical (unpaired) electrons. The molecule has 0 aromatic rings. The average Bonchev–Trinajstić information content (AvgIpc) is 3.24. The summed E-state index contributed by atoms with van der Waals surface area (Å²) in [7, 11) is 0. The second kappa shape index (κ2) is 8.09. The van der Waals surface area contributed by atoms with Gasteiger partial charge < -0.3 is 15.3 Å². The van der Waals surface area contributed by atoms with Gasteiger partial charge in [-0.15, -0.1) is 0 Å². The fourth-order valence-corrected chi connectivity index (χ4v) is 2.22. The molecular weight excluding hydrogens is 258 g/mol. The lowest BCUT2D eigenvalue weighted by molar-refractivity contribution is -0.141. The van der Waals surface area contributed by atoms with E-state index in [0.717, 1.165) is 13.1 Å². The van der Waals surface area contributed by atoms with Gasteiger partial charge in [0.1, 0.15) is 0 Å². The van der Waals surface area contributed by atoms with Crippen LogP contribution in [-0.2, 0) is 4.79 Å². The summed E-state index contributed by atoms with van der Waals surface area (Å²) >= 11 is 0. The molecule has 1 aliphatic carbocycles. The SMILES string of the molecule is CCN(CC(C)C(=O)O)C(=O)NCCN(CC)C1CC1. The van der Waals surface area contributed by atoms with Gasteiger partial charge in [-0.3, -0.25) is 9.69 Å². The topological polar surface area (TPSA) is 72.9 Å². The summed E-state index contributed by atoms with van der Waals surface area (Å²) in [4.78, 5) is 26.7. The number of nitrogens with one attached hydrogen (secondary N) is 1. The second-order valence-electron chi connectivity index (χ2n) is 5.37. The summed E-state index contributed by atoms with van der Waals surface area (Å²) < 4.78 is 0. The van der Waals surface area contributed by atoms with Crippen molar-refractivity contribution < 1.29 is 14.7 Å². The Labute approximate surface area is 121 Å². The number of hydrogen-bond acceptors (Lipinski definition) is 3. The van der Waals surface area contributed by atoms with E-state index in [2.05, 4.69) is 17.1 Å². The van der Waals surface area contributed by atoms with Crippen molar-refractivity contribution in [3.8, 4) is 0 Å². The first-order valence-corrected chi connectivity index (χ1v) is 7.49. The molecular formula is C14H27N3O3. The van der Waals surface area contributed by atoms with Crippen molar-refractivity contribution in [3.05, 3.63) is 0 Å². The quantitative estimate of drug-likeness (QED) is 0.668. The minimum atomic E-state index is -0.873. The average molecular weight is 285 g/mol. The zero-order valence-corrected chi connectivity index (χ0v) is 12.8. The van der Waals surface area contributed by atoms with Crippen LogP contribution in [0.3, 0.4) is 0 Å². The van der Waals surface area contributed by atoms with Crippen molar-refractivity contribution >= 4 is 12.0 Å². The minimum Gasteiger partial charge on any atom is -0.481 e. The number of likely N-dealkylation sites (N-methyl/N-ethyl adjacent to an activating group) is 1. The zero-order chi connectivity index (χ0) is 15.1. The number of aliphatic carboxylic acids is 1. The predicted molar refractivity (Wildman–Crippen MR) is 77.7 cm³/mol. The molecule has 0 bridgehead atoms. The molecule has 2 amide bonds. The molecule has 6 nitrogen and oxygen atoms in total. The minimum absolute atomic E-state index is 0.174. The third-order valence-electron chi connectivity index (χ3n) is 3.73. The molecule has 2 N–H and O–H groups in total. The Morgan fingerprint density at radius 2 is 1.95 bits per heavy atom. The van der Waals surface area contributed by atoms with E-state index in [9.17, 15) is 9.59 Å². The van der Waals surface area contributed by atoms with Gasteiger partial charge in [0.05, 0.1) is 5.92 Å². The van der Waals surface area contributed by atoms with E-state index in [1.165, 1.54) is 12.8 Å². The maximum atomic E-state index is 12.0. The maximum Gasteiger partial charge on any atom is 0.317 e. The molecule has 1 rings (SSSR count). The highest BCUT2D eigenvalue weighted by Crippen LogP contribution is 2.25. The number of carboxylic acid groups (broad SMARTS) is 1. The molecule has 116 valence electrons. The van der Waals surface area contributed by atoms with Gasteiger partial charge in [-0.1, -0.05) is 13.8 Å². The van der Waals surface area contributed by atoms with Crippen LogP contribution in [0.4, 0.5) is 4.79 Å². The molecule has 0 aromatic carbocycles. The lowest BCUT2D eigenvalue weighted by atomic mass is 10.2. The number of rotatable bonds is 9. The Balaban J connectivity index is 2.29. The molecule has 1 atom stereocenters. The lowest BCUT2D eigenvalue weighted by Gasteiger charge is -2.25. The van der Waals surface area contributed by atoms with Crippen LogP contribution in [0.1, 0.15) is 33.6 Å². The summed E-state index contributed by atoms with van der Waals surface area (Å²) in [5.41, 5.74) is 0. The Bertz CT molecular complexity index is 332. The van der Waals surface area contributed by atoms with Crippen molar-refractivity contribution in [1.29, 1.82) is 0 Å². The third kappa shape index (κ3) is 5.36. The van der Waals surface area contributed by atoms with Gasteiger partial charge in [-0.25, -0.2) is 4.79 Å². The molecule has 6 heteroatoms. The van der Waals surface area contributed by atoms with E-state index in [4.69, 9.17) is 5.11 Å². The fourth-order valence-electron chi connectivity index (χ4n) is 2.22. The van der Waals surface area contributed by atoms with Gasteiger partial charge in [0.25, 0.3) is 0 Å². The molecule has 0 spiro atoms. The summed E-state index contributed by atoms with van der Waals surface area (Å²) in [6.07, 6.45) is 2.53. The summed E-state index contributed by atoms with van der Waals surface area (Å²) in [5.74, 6) is -1.42. The fraction of sp³-hybridized carbons (Fsp3) is 0.857. The first-order chi connectivity index (χ1) is 9.49. The summed E-state index contributed by atoms with van der Waals surface area (Å²) in [6.45, 7) is 8.85. The van der Waals surface area contributed by atoms with Crippen LogP contribution in [0.2, 0.25) is 0 Å². The van der Waals surface area contributed by atoms with E-state index >= 15 is 0 Å². The van der Waals surface area contributed by atoms with Crippen molar-refractivity contribution in [3.63, 3.8) is 0 Å². The molecule has 1 fully saturated rings. The molecule has 20 heavy (non-hydrogen) atoms. The molecule has 1 aliphatic rings. The Morgan fingerprint density at radius 1 is 1.30 bits per heavy atom. The highest BCUT2D eigenvalue weighted by Gasteiger charge is 2.27. The van der Waals surface area contributed by atoms with Crippen LogP contribution in [0.25, 0.3) is 0 Å². The molecule has 0 saturated heterocycles. The van der Waals surface area contributed by atoms with E-state index in [1.54, 1.807) is 11.8 Å². The van der Waals surface area contributed by atoms with Gasteiger partial charge in [0.15, 0.2) is 0 Å². The molecule has 0 aliphatic heterocycles. The molecule has 1 saturated carbocycles. The molecule has 0 heterocycles. The van der Waals surface area contributed by atoms with Crippen LogP contribution < -0.4 is 5.32 Å². The summed E-state index contributed by atoms with van der Waals surface area (Å²) in [5, 5.41) is 11.8. The van der Waals surface area contributed by atoms with Crippen LogP contribution in [-0.4, -0.2) is 65.7 Å². The van der Waals surface area contributed by atoms with E-state index in [1.807, 2.05) is 6.92 Å². The third-order valence-corrected chi connectivity index (χ3v) is 3.73. The monoisotopic (exact) mass is 285 g/mol. The summed E-state index contributed by atoms with van der Waals surface area (Å²) in [6, 6.07) is 0.527. The van der Waals surface area contributed by atoms with Crippen LogP contribution in [0.5, 0.6) is 0 Å². The van der Waals surface area contributed by atoms with Crippen LogP contribution in [0.15, 0.2) is 0 Å². The van der Waals surface area contributed by atoms with Crippen molar-refractivity contribution in [2.24, 2.45) is 5.92 Å². The number of carbonyl (C=O) groups excluding carboxylic acids is 1. The Morgan fingerprint density at radius 3 is 2.40 bits per heavy atom. The van der Waals surface area contributed by atoms with Gasteiger partial charge >= 0.3 is 12.0 Å². The van der Waals surface area contributed by atoms with E-state index in [-0.39, 0.29) is 12.6 Å². The van der Waals surface area contributed by atoms with Crippen molar-refractivity contribution in [2.75, 3.05) is 32.7 Å². The zero-order valence-electron chi connectivity index (χ0n) is 12.8. The Hall–Kier alpha value is -1.30. The predicted octanol–water partition coefficient (Wildman–Crippen LogP) is 1.22. The van der Waals surface area contributed by atoms with Crippen molar-refractivity contribution in [2.45, 2.75) is 39.7 Å². The number of urea groups is 1. The van der Waals surface area contributed by atoms with Crippen LogP contribution in [0, 0.1) is 5.92 Å². The first-order valence-electron chi connectivity index (χ1n) is 7.49. The van der Waals surface area contributed by atoms with Crippen LogP contribution >= 0.6 is 0 Å². The largest absolute Gasteiger partial charge is 0.481 e. The standard InChI is InChI=1S/C14H27N3O3/c1-4-16(12-6-7-12)9-8-15-14(20)17(5-2)10-11(3)13(18)19/h11-12H,4-10H2,1-3H3,(H,15,20)(H,18,19).